The number of fused-ring (bicyclic) bond motifs is 1. The summed E-state index contributed by atoms with van der Waals surface area (Å²) < 4.78 is 6.19. The van der Waals surface area contributed by atoms with Crippen molar-refractivity contribution in [3.8, 4) is 11.5 Å². The Morgan fingerprint density at radius 2 is 1.52 bits per heavy atom. The third-order valence-electron chi connectivity index (χ3n) is 4.89. The number of para-hydroxylation sites is 2. The quantitative estimate of drug-likeness (QED) is 0.751. The van der Waals surface area contributed by atoms with E-state index >= 15 is 0 Å². The van der Waals surface area contributed by atoms with Crippen LogP contribution in [0.3, 0.4) is 0 Å². The minimum atomic E-state index is -0.0860. The fraction of sp³-hybridized carbons (Fsp3) is 0.227. The summed E-state index contributed by atoms with van der Waals surface area (Å²) in [4.78, 5) is 16.7. The summed E-state index contributed by atoms with van der Waals surface area (Å²) in [6, 6.07) is 21.5. The van der Waals surface area contributed by atoms with Crippen molar-refractivity contribution in [3.05, 3.63) is 66.7 Å². The van der Waals surface area contributed by atoms with Crippen LogP contribution in [-0.2, 0) is 0 Å². The number of likely N-dealkylation sites (N-methyl/N-ethyl adjacent to an activating group) is 1. The first-order valence-corrected chi connectivity index (χ1v) is 9.20. The molecule has 4 rings (SSSR count). The number of urea groups is 1. The lowest BCUT2D eigenvalue weighted by Gasteiger charge is -2.32. The molecule has 1 fully saturated rings. The summed E-state index contributed by atoms with van der Waals surface area (Å²) in [5.41, 5.74) is 0.675. The van der Waals surface area contributed by atoms with Crippen LogP contribution < -0.4 is 10.1 Å². The second kappa shape index (κ2) is 7.68. The topological polar surface area (TPSA) is 44.8 Å². The molecule has 0 radical (unpaired) electrons. The molecule has 27 heavy (non-hydrogen) atoms. The van der Waals surface area contributed by atoms with Crippen LogP contribution in [0, 0.1) is 0 Å². The Morgan fingerprint density at radius 3 is 2.37 bits per heavy atom. The van der Waals surface area contributed by atoms with Crippen molar-refractivity contribution in [2.45, 2.75) is 0 Å². The zero-order valence-electron chi connectivity index (χ0n) is 15.4. The van der Waals surface area contributed by atoms with Gasteiger partial charge in [0.15, 0.2) is 5.75 Å². The van der Waals surface area contributed by atoms with Gasteiger partial charge in [-0.15, -0.1) is 0 Å². The maximum Gasteiger partial charge on any atom is 0.322 e. The number of hydrogen-bond acceptors (Lipinski definition) is 3. The van der Waals surface area contributed by atoms with E-state index < -0.39 is 0 Å². The summed E-state index contributed by atoms with van der Waals surface area (Å²) >= 11 is 0. The molecule has 2 amide bonds. The molecule has 0 bridgehead atoms. The zero-order valence-corrected chi connectivity index (χ0v) is 15.4. The van der Waals surface area contributed by atoms with E-state index in [1.807, 2.05) is 59.5 Å². The Balaban J connectivity index is 1.55. The number of carbonyl (C=O) groups is 1. The van der Waals surface area contributed by atoms with E-state index in [0.717, 1.165) is 42.7 Å². The van der Waals surface area contributed by atoms with Gasteiger partial charge in [0.2, 0.25) is 0 Å². The highest BCUT2D eigenvalue weighted by Crippen LogP contribution is 2.33. The lowest BCUT2D eigenvalue weighted by molar-refractivity contribution is 0.164. The molecule has 1 aliphatic rings. The van der Waals surface area contributed by atoms with Crippen molar-refractivity contribution >= 4 is 22.5 Å². The molecule has 0 aromatic heterocycles. The second-order valence-corrected chi connectivity index (χ2v) is 6.80. The van der Waals surface area contributed by atoms with Gasteiger partial charge in [0.25, 0.3) is 0 Å². The van der Waals surface area contributed by atoms with E-state index in [2.05, 4.69) is 29.4 Å². The number of carbonyl (C=O) groups excluding carboxylic acids is 1. The number of rotatable bonds is 3. The van der Waals surface area contributed by atoms with Crippen LogP contribution in [0.25, 0.3) is 10.8 Å². The highest BCUT2D eigenvalue weighted by atomic mass is 16.5. The highest BCUT2D eigenvalue weighted by Gasteiger charge is 2.20. The first-order chi connectivity index (χ1) is 13.2. The Bertz CT molecular complexity index is 944. The Kier molecular flexibility index (Phi) is 4.94. The third-order valence-corrected chi connectivity index (χ3v) is 4.89. The average molecular weight is 361 g/mol. The summed E-state index contributed by atoms with van der Waals surface area (Å²) in [6.45, 7) is 3.24. The molecule has 3 aromatic carbocycles. The number of nitrogens with one attached hydrogen (secondary N) is 1. The number of nitrogens with zero attached hydrogens (tertiary/aromatic N) is 2. The highest BCUT2D eigenvalue weighted by molar-refractivity contribution is 5.92. The number of piperazine rings is 1. The van der Waals surface area contributed by atoms with Gasteiger partial charge in [0.1, 0.15) is 5.75 Å². The monoisotopic (exact) mass is 361 g/mol. The summed E-state index contributed by atoms with van der Waals surface area (Å²) in [5, 5.41) is 5.17. The van der Waals surface area contributed by atoms with Crippen LogP contribution in [0.5, 0.6) is 11.5 Å². The molecule has 1 heterocycles. The zero-order chi connectivity index (χ0) is 18.6. The van der Waals surface area contributed by atoms with Gasteiger partial charge in [-0.1, -0.05) is 48.5 Å². The van der Waals surface area contributed by atoms with Gasteiger partial charge in [-0.3, -0.25) is 0 Å². The van der Waals surface area contributed by atoms with Gasteiger partial charge in [-0.25, -0.2) is 4.79 Å². The minimum Gasteiger partial charge on any atom is -0.455 e. The van der Waals surface area contributed by atoms with Crippen molar-refractivity contribution in [3.63, 3.8) is 0 Å². The van der Waals surface area contributed by atoms with E-state index in [0.29, 0.717) is 11.4 Å². The Hall–Kier alpha value is -3.05. The number of ether oxygens (including phenoxy) is 1. The predicted octanol–water partition coefficient (Wildman–Crippen LogP) is 4.41. The van der Waals surface area contributed by atoms with Crippen LogP contribution in [0.1, 0.15) is 0 Å². The number of hydrogen-bond donors (Lipinski definition) is 1. The van der Waals surface area contributed by atoms with E-state index in [1.165, 1.54) is 0 Å². The third kappa shape index (κ3) is 3.88. The molecule has 5 nitrogen and oxygen atoms in total. The molecule has 138 valence electrons. The van der Waals surface area contributed by atoms with Crippen molar-refractivity contribution < 1.29 is 9.53 Å². The van der Waals surface area contributed by atoms with E-state index in [4.69, 9.17) is 4.74 Å². The van der Waals surface area contributed by atoms with Crippen LogP contribution in [0.2, 0.25) is 0 Å². The van der Waals surface area contributed by atoms with Crippen LogP contribution in [-0.4, -0.2) is 49.1 Å². The molecule has 0 unspecified atom stereocenters. The van der Waals surface area contributed by atoms with Crippen LogP contribution >= 0.6 is 0 Å². The Morgan fingerprint density at radius 1 is 0.852 bits per heavy atom. The standard InChI is InChI=1S/C22H23N3O2/c1-24-13-15-25(16-14-24)22(26)23-19-10-4-5-11-21(19)27-20-12-6-8-17-7-2-3-9-18(17)20/h2-12H,13-16H2,1H3,(H,23,26). The molecule has 0 spiro atoms. The number of amides is 2. The first kappa shape index (κ1) is 17.4. The Labute approximate surface area is 159 Å². The van der Waals surface area contributed by atoms with Crippen molar-refractivity contribution in [1.82, 2.24) is 9.80 Å². The molecule has 1 N–H and O–H groups in total. The molecule has 5 heteroatoms. The smallest absolute Gasteiger partial charge is 0.322 e. The van der Waals surface area contributed by atoms with Crippen molar-refractivity contribution in [2.75, 3.05) is 38.5 Å². The molecule has 0 aliphatic carbocycles. The van der Waals surface area contributed by atoms with Gasteiger partial charge in [-0.2, -0.15) is 0 Å². The molecule has 0 saturated carbocycles. The molecular formula is C22H23N3O2. The second-order valence-electron chi connectivity index (χ2n) is 6.80. The SMILES string of the molecule is CN1CCN(C(=O)Nc2ccccc2Oc2cccc3ccccc23)CC1. The first-order valence-electron chi connectivity index (χ1n) is 9.20. The van der Waals surface area contributed by atoms with Crippen LogP contribution in [0.4, 0.5) is 10.5 Å². The molecule has 1 saturated heterocycles. The van der Waals surface area contributed by atoms with Crippen LogP contribution in [0.15, 0.2) is 66.7 Å². The van der Waals surface area contributed by atoms with Gasteiger partial charge < -0.3 is 19.9 Å². The largest absolute Gasteiger partial charge is 0.455 e. The maximum atomic E-state index is 12.6. The molecule has 1 aliphatic heterocycles. The van der Waals surface area contributed by atoms with Gasteiger partial charge in [0, 0.05) is 31.6 Å². The lowest BCUT2D eigenvalue weighted by atomic mass is 10.1. The molecular weight excluding hydrogens is 338 g/mol. The summed E-state index contributed by atoms with van der Waals surface area (Å²) in [6.07, 6.45) is 0. The predicted molar refractivity (Wildman–Crippen MR) is 109 cm³/mol. The van der Waals surface area contributed by atoms with Crippen molar-refractivity contribution in [1.29, 1.82) is 0 Å². The fourth-order valence-corrected chi connectivity index (χ4v) is 3.27. The maximum absolute atomic E-state index is 12.6. The summed E-state index contributed by atoms with van der Waals surface area (Å²) in [5.74, 6) is 1.41. The van der Waals surface area contributed by atoms with Crippen molar-refractivity contribution in [2.24, 2.45) is 0 Å². The normalized spacial score (nSPS) is 14.9. The lowest BCUT2D eigenvalue weighted by Crippen LogP contribution is -2.48. The molecule has 3 aromatic rings. The number of benzene rings is 3. The minimum absolute atomic E-state index is 0.0860. The van der Waals surface area contributed by atoms with Gasteiger partial charge in [-0.05, 0) is 30.6 Å². The average Bonchev–Trinajstić information content (AvgIpc) is 2.70. The van der Waals surface area contributed by atoms with Gasteiger partial charge >= 0.3 is 6.03 Å². The van der Waals surface area contributed by atoms with E-state index in [9.17, 15) is 4.79 Å². The summed E-state index contributed by atoms with van der Waals surface area (Å²) in [7, 11) is 2.07. The van der Waals surface area contributed by atoms with E-state index in [1.54, 1.807) is 0 Å². The fourth-order valence-electron chi connectivity index (χ4n) is 3.27. The number of anilines is 1. The molecule has 0 atom stereocenters. The van der Waals surface area contributed by atoms with E-state index in [-0.39, 0.29) is 6.03 Å². The van der Waals surface area contributed by atoms with Gasteiger partial charge in [0.05, 0.1) is 5.69 Å².